The van der Waals surface area contributed by atoms with Crippen LogP contribution in [0.1, 0.15) is 5.69 Å². The van der Waals surface area contributed by atoms with Gasteiger partial charge < -0.3 is 9.47 Å². The number of hydrogen-bond donors (Lipinski definition) is 0. The summed E-state index contributed by atoms with van der Waals surface area (Å²) in [5, 5.41) is 0. The number of fused-ring (bicyclic) bond motifs is 1. The van der Waals surface area contributed by atoms with Crippen molar-refractivity contribution >= 4 is 17.6 Å². The van der Waals surface area contributed by atoms with Crippen molar-refractivity contribution in [1.82, 2.24) is 19.4 Å². The van der Waals surface area contributed by atoms with Gasteiger partial charge in [-0.05, 0) is 12.1 Å². The Labute approximate surface area is 140 Å². The van der Waals surface area contributed by atoms with Crippen LogP contribution in [0.4, 0.5) is 10.5 Å². The largest absolute Gasteiger partial charge is 0.337 e. The first-order chi connectivity index (χ1) is 11.6. The number of carbonyl (C=O) groups is 2. The molecule has 2 aliphatic heterocycles. The number of hydrogen-bond acceptors (Lipinski definition) is 4. The number of rotatable bonds is 3. The minimum atomic E-state index is -0.403. The number of aromatic nitrogens is 2. The van der Waals surface area contributed by atoms with Gasteiger partial charge in [-0.15, -0.1) is 0 Å². The van der Waals surface area contributed by atoms with Crippen molar-refractivity contribution in [3.63, 3.8) is 0 Å². The van der Waals surface area contributed by atoms with Gasteiger partial charge in [0.2, 0.25) is 0 Å². The molecule has 2 saturated heterocycles. The van der Waals surface area contributed by atoms with E-state index < -0.39 is 6.04 Å². The summed E-state index contributed by atoms with van der Waals surface area (Å²) in [6.07, 6.45) is 3.61. The minimum absolute atomic E-state index is 0.138. The van der Waals surface area contributed by atoms with Gasteiger partial charge in [0.1, 0.15) is 6.04 Å². The number of nitrogens with zero attached hydrogens (tertiary/aromatic N) is 5. The smallest absolute Gasteiger partial charge is 0.332 e. The van der Waals surface area contributed by atoms with Crippen molar-refractivity contribution in [2.45, 2.75) is 12.6 Å². The third kappa shape index (κ3) is 2.37. The lowest BCUT2D eigenvalue weighted by Gasteiger charge is -2.35. The summed E-state index contributed by atoms with van der Waals surface area (Å²) in [7, 11) is 1.96. The Kier molecular flexibility index (Phi) is 3.57. The highest BCUT2D eigenvalue weighted by atomic mass is 16.2. The predicted molar refractivity (Wildman–Crippen MR) is 88.3 cm³/mol. The molecule has 2 aliphatic rings. The molecule has 1 aromatic carbocycles. The van der Waals surface area contributed by atoms with Gasteiger partial charge in [0.05, 0.1) is 17.7 Å². The van der Waals surface area contributed by atoms with Crippen molar-refractivity contribution < 1.29 is 9.59 Å². The van der Waals surface area contributed by atoms with E-state index in [4.69, 9.17) is 0 Å². The van der Waals surface area contributed by atoms with Crippen molar-refractivity contribution in [2.24, 2.45) is 7.05 Å². The highest BCUT2D eigenvalue weighted by Gasteiger charge is 2.48. The van der Waals surface area contributed by atoms with Crippen LogP contribution in [0.5, 0.6) is 0 Å². The number of amides is 3. The fourth-order valence-electron chi connectivity index (χ4n) is 3.38. The third-order valence-electron chi connectivity index (χ3n) is 4.72. The Morgan fingerprint density at radius 2 is 1.96 bits per heavy atom. The Balaban J connectivity index is 1.53. The van der Waals surface area contributed by atoms with Gasteiger partial charge in [-0.2, -0.15) is 0 Å². The van der Waals surface area contributed by atoms with Crippen molar-refractivity contribution in [3.05, 3.63) is 48.5 Å². The molecule has 24 heavy (non-hydrogen) atoms. The highest BCUT2D eigenvalue weighted by molar-refractivity contribution is 6.21. The summed E-state index contributed by atoms with van der Waals surface area (Å²) in [5.74, 6) is -0.138. The molecule has 0 saturated carbocycles. The number of carbonyl (C=O) groups excluding carboxylic acids is 2. The van der Waals surface area contributed by atoms with Gasteiger partial charge in [0, 0.05) is 39.4 Å². The number of aryl methyl sites for hydroxylation is 1. The zero-order valence-electron chi connectivity index (χ0n) is 13.5. The standard InChI is InChI=1S/C17H19N5O2/c1-19-12-18-9-14(19)10-20-7-8-21-15(11-20)16(23)22(17(21)24)13-5-3-2-4-6-13/h2-6,9,12,15H,7-8,10-11H2,1H3. The number of urea groups is 1. The summed E-state index contributed by atoms with van der Waals surface area (Å²) in [6, 6.07) is 8.51. The third-order valence-corrected chi connectivity index (χ3v) is 4.72. The maximum absolute atomic E-state index is 12.8. The van der Waals surface area contributed by atoms with Gasteiger partial charge >= 0.3 is 6.03 Å². The van der Waals surface area contributed by atoms with Crippen molar-refractivity contribution in [2.75, 3.05) is 24.5 Å². The van der Waals surface area contributed by atoms with E-state index in [0.29, 0.717) is 18.8 Å². The number of imide groups is 1. The topological polar surface area (TPSA) is 61.7 Å². The van der Waals surface area contributed by atoms with E-state index in [1.807, 2.05) is 36.0 Å². The predicted octanol–water partition coefficient (Wildman–Crippen LogP) is 1.07. The first kappa shape index (κ1) is 14.9. The molecule has 3 heterocycles. The number of para-hydroxylation sites is 1. The Morgan fingerprint density at radius 1 is 1.17 bits per heavy atom. The number of anilines is 1. The van der Waals surface area contributed by atoms with Crippen molar-refractivity contribution in [3.8, 4) is 0 Å². The molecule has 1 aromatic heterocycles. The maximum Gasteiger partial charge on any atom is 0.332 e. The lowest BCUT2D eigenvalue weighted by atomic mass is 10.1. The van der Waals surface area contributed by atoms with Crippen LogP contribution in [0.2, 0.25) is 0 Å². The average molecular weight is 325 g/mol. The highest BCUT2D eigenvalue weighted by Crippen LogP contribution is 2.27. The normalized spacial score (nSPS) is 21.5. The Bertz CT molecular complexity index is 772. The molecule has 7 nitrogen and oxygen atoms in total. The van der Waals surface area contributed by atoms with Gasteiger partial charge in [-0.25, -0.2) is 14.7 Å². The van der Waals surface area contributed by atoms with E-state index in [1.165, 1.54) is 4.90 Å². The molecule has 0 spiro atoms. The fraction of sp³-hybridized carbons (Fsp3) is 0.353. The molecule has 124 valence electrons. The van der Waals surface area contributed by atoms with Gasteiger partial charge in [-0.3, -0.25) is 9.69 Å². The van der Waals surface area contributed by atoms with Gasteiger partial charge in [0.15, 0.2) is 0 Å². The fourth-order valence-corrected chi connectivity index (χ4v) is 3.38. The molecule has 3 amide bonds. The van der Waals surface area contributed by atoms with Gasteiger partial charge in [-0.1, -0.05) is 18.2 Å². The summed E-state index contributed by atoms with van der Waals surface area (Å²) in [6.45, 7) is 2.60. The monoisotopic (exact) mass is 325 g/mol. The van der Waals surface area contributed by atoms with E-state index in [-0.39, 0.29) is 11.9 Å². The Morgan fingerprint density at radius 3 is 2.67 bits per heavy atom. The lowest BCUT2D eigenvalue weighted by Crippen LogP contribution is -2.52. The zero-order chi connectivity index (χ0) is 16.7. The summed E-state index contributed by atoms with van der Waals surface area (Å²) in [4.78, 5) is 34.7. The van der Waals surface area contributed by atoms with Crippen LogP contribution in [-0.2, 0) is 18.4 Å². The van der Waals surface area contributed by atoms with Crippen LogP contribution in [-0.4, -0.2) is 57.0 Å². The summed E-state index contributed by atoms with van der Waals surface area (Å²) in [5.41, 5.74) is 1.74. The number of imidazole rings is 1. The molecule has 0 aliphatic carbocycles. The van der Waals surface area contributed by atoms with Gasteiger partial charge in [0.25, 0.3) is 5.91 Å². The Hall–Kier alpha value is -2.67. The molecule has 2 fully saturated rings. The first-order valence-electron chi connectivity index (χ1n) is 8.02. The van der Waals surface area contributed by atoms with E-state index in [9.17, 15) is 9.59 Å². The van der Waals surface area contributed by atoms with Crippen molar-refractivity contribution in [1.29, 1.82) is 0 Å². The minimum Gasteiger partial charge on any atom is -0.337 e. The maximum atomic E-state index is 12.8. The van der Waals surface area contributed by atoms with Crippen LogP contribution in [0.15, 0.2) is 42.9 Å². The molecule has 1 atom stereocenters. The van der Waals surface area contributed by atoms with E-state index in [2.05, 4.69) is 9.88 Å². The van der Waals surface area contributed by atoms with E-state index in [0.717, 1.165) is 18.8 Å². The molecule has 0 radical (unpaired) electrons. The molecule has 7 heteroatoms. The number of piperazine rings is 1. The molecular weight excluding hydrogens is 306 g/mol. The van der Waals surface area contributed by atoms with Crippen LogP contribution in [0.25, 0.3) is 0 Å². The lowest BCUT2D eigenvalue weighted by molar-refractivity contribution is -0.121. The number of benzene rings is 1. The van der Waals surface area contributed by atoms with Crippen LogP contribution >= 0.6 is 0 Å². The molecule has 0 bridgehead atoms. The van der Waals surface area contributed by atoms with E-state index in [1.54, 1.807) is 23.4 Å². The second-order valence-corrected chi connectivity index (χ2v) is 6.23. The molecule has 1 unspecified atom stereocenters. The van der Waals surface area contributed by atoms with Crippen LogP contribution in [0.3, 0.4) is 0 Å². The second kappa shape index (κ2) is 5.76. The first-order valence-corrected chi connectivity index (χ1v) is 8.02. The zero-order valence-corrected chi connectivity index (χ0v) is 13.5. The van der Waals surface area contributed by atoms with Crippen LogP contribution < -0.4 is 4.90 Å². The summed E-state index contributed by atoms with van der Waals surface area (Å²) < 4.78 is 1.98. The molecule has 2 aromatic rings. The van der Waals surface area contributed by atoms with Crippen LogP contribution in [0, 0.1) is 0 Å². The molecule has 4 rings (SSSR count). The molecular formula is C17H19N5O2. The van der Waals surface area contributed by atoms with E-state index >= 15 is 0 Å². The quantitative estimate of drug-likeness (QED) is 0.792. The second-order valence-electron chi connectivity index (χ2n) is 6.23. The summed E-state index contributed by atoms with van der Waals surface area (Å²) >= 11 is 0. The molecule has 0 N–H and O–H groups in total. The SMILES string of the molecule is Cn1cncc1CN1CCN2C(=O)N(c3ccccc3)C(=O)C2C1. The average Bonchev–Trinajstić information content (AvgIpc) is 3.10.